The first-order valence-corrected chi connectivity index (χ1v) is 6.48. The molecule has 82 valence electrons. The van der Waals surface area contributed by atoms with Crippen molar-refractivity contribution >= 4 is 32.8 Å². The lowest BCUT2D eigenvalue weighted by molar-refractivity contribution is -0.116. The number of carbonyl (C=O) groups is 1. The second kappa shape index (κ2) is 5.66. The number of benzene rings is 1. The molecule has 1 rings (SSSR count). The second-order valence-corrected chi connectivity index (χ2v) is 4.51. The minimum atomic E-state index is -0.572. The van der Waals surface area contributed by atoms with Crippen LogP contribution >= 0.6 is 27.5 Å². The van der Waals surface area contributed by atoms with Crippen molar-refractivity contribution in [2.45, 2.75) is 25.2 Å². The molecule has 0 radical (unpaired) electrons. The molecule has 1 nitrogen and oxygen atoms in total. The Hall–Kier alpha value is -0.340. The first-order valence-electron chi connectivity index (χ1n) is 4.99. The summed E-state index contributed by atoms with van der Waals surface area (Å²) >= 11 is 9.15. The summed E-state index contributed by atoms with van der Waals surface area (Å²) in [5, 5.41) is 0.285. The molecule has 0 aliphatic carbocycles. The van der Waals surface area contributed by atoms with Crippen LogP contribution in [-0.4, -0.2) is 10.6 Å². The van der Waals surface area contributed by atoms with Gasteiger partial charge in [-0.2, -0.15) is 0 Å². The van der Waals surface area contributed by atoms with Gasteiger partial charge in [0.15, 0.2) is 0 Å². The molecule has 0 saturated heterocycles. The lowest BCUT2D eigenvalue weighted by Crippen LogP contribution is -2.34. The second-order valence-electron chi connectivity index (χ2n) is 3.61. The van der Waals surface area contributed by atoms with E-state index in [1.807, 2.05) is 30.3 Å². The van der Waals surface area contributed by atoms with Gasteiger partial charge in [0, 0.05) is 5.33 Å². The topological polar surface area (TPSA) is 17.1 Å². The van der Waals surface area contributed by atoms with Crippen molar-refractivity contribution in [2.24, 2.45) is 0 Å². The highest BCUT2D eigenvalue weighted by molar-refractivity contribution is 9.09. The third-order valence-electron chi connectivity index (χ3n) is 2.61. The Kier molecular flexibility index (Phi) is 4.81. The van der Waals surface area contributed by atoms with Crippen molar-refractivity contribution in [1.29, 1.82) is 0 Å². The van der Waals surface area contributed by atoms with E-state index in [1.54, 1.807) is 0 Å². The van der Waals surface area contributed by atoms with E-state index in [4.69, 9.17) is 11.6 Å². The van der Waals surface area contributed by atoms with Gasteiger partial charge in [0.05, 0.1) is 5.41 Å². The average molecular weight is 290 g/mol. The molecule has 15 heavy (non-hydrogen) atoms. The lowest BCUT2D eigenvalue weighted by Gasteiger charge is -2.28. The van der Waals surface area contributed by atoms with Crippen LogP contribution in [0, 0.1) is 0 Å². The molecule has 0 aromatic heterocycles. The molecular weight excluding hydrogens is 275 g/mol. The number of halogens is 2. The van der Waals surface area contributed by atoms with Crippen molar-refractivity contribution in [1.82, 2.24) is 0 Å². The SMILES string of the molecule is CCCC(CBr)(C(=O)Cl)c1ccccc1. The number of rotatable bonds is 5. The Balaban J connectivity index is 3.15. The Morgan fingerprint density at radius 3 is 2.40 bits per heavy atom. The van der Waals surface area contributed by atoms with Gasteiger partial charge in [-0.1, -0.05) is 59.6 Å². The molecule has 0 N–H and O–H groups in total. The average Bonchev–Trinajstić information content (AvgIpc) is 2.26. The van der Waals surface area contributed by atoms with Crippen LogP contribution in [0.5, 0.6) is 0 Å². The van der Waals surface area contributed by atoms with Gasteiger partial charge in [-0.05, 0) is 23.6 Å². The van der Waals surface area contributed by atoms with Crippen molar-refractivity contribution in [3.05, 3.63) is 35.9 Å². The largest absolute Gasteiger partial charge is 0.280 e. The molecule has 0 amide bonds. The third-order valence-corrected chi connectivity index (χ3v) is 3.93. The maximum absolute atomic E-state index is 11.6. The van der Waals surface area contributed by atoms with E-state index in [0.717, 1.165) is 18.4 Å². The monoisotopic (exact) mass is 288 g/mol. The van der Waals surface area contributed by atoms with Gasteiger partial charge in [-0.15, -0.1) is 0 Å². The molecule has 1 unspecified atom stereocenters. The van der Waals surface area contributed by atoms with Crippen LogP contribution in [0.15, 0.2) is 30.3 Å². The number of carbonyl (C=O) groups excluding carboxylic acids is 1. The first-order chi connectivity index (χ1) is 7.17. The van der Waals surface area contributed by atoms with Crippen LogP contribution in [0.2, 0.25) is 0 Å². The fourth-order valence-electron chi connectivity index (χ4n) is 1.74. The molecule has 0 fully saturated rings. The van der Waals surface area contributed by atoms with E-state index in [1.165, 1.54) is 0 Å². The first kappa shape index (κ1) is 12.7. The van der Waals surface area contributed by atoms with E-state index in [9.17, 15) is 4.79 Å². The summed E-state index contributed by atoms with van der Waals surface area (Å²) in [5.41, 5.74) is 0.418. The third kappa shape index (κ3) is 2.61. The summed E-state index contributed by atoms with van der Waals surface area (Å²) < 4.78 is 0. The highest BCUT2D eigenvalue weighted by Crippen LogP contribution is 2.33. The Morgan fingerprint density at radius 2 is 2.00 bits per heavy atom. The molecule has 0 saturated carbocycles. The Bertz CT molecular complexity index is 326. The summed E-state index contributed by atoms with van der Waals surface area (Å²) in [5.74, 6) is 0. The minimum Gasteiger partial charge on any atom is -0.280 e. The molecule has 1 aromatic carbocycles. The molecule has 0 aliphatic heterocycles. The van der Waals surface area contributed by atoms with Crippen molar-refractivity contribution in [2.75, 3.05) is 5.33 Å². The Labute approximate surface area is 104 Å². The highest BCUT2D eigenvalue weighted by Gasteiger charge is 2.36. The van der Waals surface area contributed by atoms with Crippen molar-refractivity contribution in [3.8, 4) is 0 Å². The van der Waals surface area contributed by atoms with E-state index < -0.39 is 5.41 Å². The normalized spacial score (nSPS) is 14.6. The predicted octanol–water partition coefficient (Wildman–Crippen LogP) is 3.88. The minimum absolute atomic E-state index is 0.285. The molecule has 0 bridgehead atoms. The fraction of sp³-hybridized carbons (Fsp3) is 0.417. The van der Waals surface area contributed by atoms with E-state index in [2.05, 4.69) is 22.9 Å². The van der Waals surface area contributed by atoms with Gasteiger partial charge in [0.1, 0.15) is 0 Å². The summed E-state index contributed by atoms with van der Waals surface area (Å²) in [4.78, 5) is 11.6. The number of hydrogen-bond acceptors (Lipinski definition) is 1. The lowest BCUT2D eigenvalue weighted by atomic mass is 9.80. The van der Waals surface area contributed by atoms with Crippen LogP contribution < -0.4 is 0 Å². The fourth-order valence-corrected chi connectivity index (χ4v) is 3.03. The van der Waals surface area contributed by atoms with Crippen LogP contribution in [-0.2, 0) is 10.2 Å². The molecule has 0 aliphatic rings. The standard InChI is InChI=1S/C12H14BrClO/c1-2-8-12(9-13,11(14)15)10-6-4-3-5-7-10/h3-7H,2,8-9H2,1H3. The summed E-state index contributed by atoms with van der Waals surface area (Å²) in [6.45, 7) is 2.06. The van der Waals surface area contributed by atoms with Crippen LogP contribution in [0.1, 0.15) is 25.3 Å². The zero-order chi connectivity index (χ0) is 11.3. The van der Waals surface area contributed by atoms with E-state index in [-0.39, 0.29) is 5.24 Å². The molecular formula is C12H14BrClO. The van der Waals surface area contributed by atoms with E-state index in [0.29, 0.717) is 5.33 Å². The summed E-state index contributed by atoms with van der Waals surface area (Å²) in [6.07, 6.45) is 1.70. The molecule has 3 heteroatoms. The van der Waals surface area contributed by atoms with Gasteiger partial charge in [-0.3, -0.25) is 4.79 Å². The molecule has 1 aromatic rings. The van der Waals surface area contributed by atoms with Gasteiger partial charge in [-0.25, -0.2) is 0 Å². The smallest absolute Gasteiger partial charge is 0.233 e. The summed E-state index contributed by atoms with van der Waals surface area (Å²) in [7, 11) is 0. The maximum Gasteiger partial charge on any atom is 0.233 e. The maximum atomic E-state index is 11.6. The quantitative estimate of drug-likeness (QED) is 0.594. The Morgan fingerprint density at radius 1 is 1.40 bits per heavy atom. The number of alkyl halides is 1. The van der Waals surface area contributed by atoms with Gasteiger partial charge >= 0.3 is 0 Å². The van der Waals surface area contributed by atoms with Crippen LogP contribution in [0.4, 0.5) is 0 Å². The van der Waals surface area contributed by atoms with Crippen LogP contribution in [0.25, 0.3) is 0 Å². The predicted molar refractivity (Wildman–Crippen MR) is 67.7 cm³/mol. The molecule has 1 atom stereocenters. The molecule has 0 spiro atoms. The van der Waals surface area contributed by atoms with Gasteiger partial charge < -0.3 is 0 Å². The molecule has 0 heterocycles. The van der Waals surface area contributed by atoms with Crippen molar-refractivity contribution < 1.29 is 4.79 Å². The van der Waals surface area contributed by atoms with Gasteiger partial charge in [0.2, 0.25) is 5.24 Å². The summed E-state index contributed by atoms with van der Waals surface area (Å²) in [6, 6.07) is 9.71. The van der Waals surface area contributed by atoms with Gasteiger partial charge in [0.25, 0.3) is 0 Å². The van der Waals surface area contributed by atoms with Crippen LogP contribution in [0.3, 0.4) is 0 Å². The number of hydrogen-bond donors (Lipinski definition) is 0. The highest BCUT2D eigenvalue weighted by atomic mass is 79.9. The van der Waals surface area contributed by atoms with E-state index >= 15 is 0 Å². The zero-order valence-electron chi connectivity index (χ0n) is 8.67. The zero-order valence-corrected chi connectivity index (χ0v) is 11.0. The van der Waals surface area contributed by atoms with Crippen molar-refractivity contribution in [3.63, 3.8) is 0 Å².